The first-order valence-corrected chi connectivity index (χ1v) is 6.23. The van der Waals surface area contributed by atoms with Crippen molar-refractivity contribution in [2.45, 2.75) is 39.0 Å². The van der Waals surface area contributed by atoms with Gasteiger partial charge in [-0.1, -0.05) is 6.92 Å². The van der Waals surface area contributed by atoms with Crippen LogP contribution in [0.15, 0.2) is 0 Å². The van der Waals surface area contributed by atoms with Gasteiger partial charge in [-0.2, -0.15) is 0 Å². The van der Waals surface area contributed by atoms with Gasteiger partial charge in [-0.05, 0) is 63.7 Å². The molecular weight excluding hydrogens is 188 g/mol. The summed E-state index contributed by atoms with van der Waals surface area (Å²) in [6.07, 6.45) is 5.81. The number of unbranched alkanes of at least 4 members (excludes halogenated alkanes) is 2. The van der Waals surface area contributed by atoms with E-state index in [-0.39, 0.29) is 0 Å². The molecule has 0 unspecified atom stereocenters. The molecule has 15 heavy (non-hydrogen) atoms. The number of hydrogen-bond acceptors (Lipinski definition) is 3. The minimum Gasteiger partial charge on any atom is -0.396 e. The van der Waals surface area contributed by atoms with Crippen molar-refractivity contribution in [1.82, 2.24) is 4.90 Å². The van der Waals surface area contributed by atoms with Gasteiger partial charge in [0.15, 0.2) is 0 Å². The zero-order chi connectivity index (χ0) is 11.1. The molecule has 0 aliphatic carbocycles. The molecule has 1 aliphatic heterocycles. The third-order valence-electron chi connectivity index (χ3n) is 3.69. The second-order valence-corrected chi connectivity index (χ2v) is 5.14. The van der Waals surface area contributed by atoms with Crippen molar-refractivity contribution >= 4 is 0 Å². The van der Waals surface area contributed by atoms with Crippen LogP contribution in [0.5, 0.6) is 0 Å². The molecule has 0 bridgehead atoms. The predicted molar refractivity (Wildman–Crippen MR) is 63.8 cm³/mol. The van der Waals surface area contributed by atoms with Gasteiger partial charge in [0.2, 0.25) is 0 Å². The highest BCUT2D eigenvalue weighted by Gasteiger charge is 2.27. The Hall–Kier alpha value is -0.120. The molecule has 0 aromatic carbocycles. The minimum atomic E-state index is 0.339. The Kier molecular flexibility index (Phi) is 5.58. The predicted octanol–water partition coefficient (Wildman–Crippen LogP) is 1.21. The third kappa shape index (κ3) is 4.49. The first kappa shape index (κ1) is 12.9. The van der Waals surface area contributed by atoms with Crippen LogP contribution < -0.4 is 5.73 Å². The molecule has 1 aliphatic rings. The van der Waals surface area contributed by atoms with E-state index in [1.54, 1.807) is 0 Å². The fourth-order valence-corrected chi connectivity index (χ4v) is 2.14. The summed E-state index contributed by atoms with van der Waals surface area (Å²) in [6.45, 7) is 7.06. The Balaban J connectivity index is 2.09. The van der Waals surface area contributed by atoms with E-state index in [1.807, 2.05) is 0 Å². The summed E-state index contributed by atoms with van der Waals surface area (Å²) in [4.78, 5) is 2.54. The van der Waals surface area contributed by atoms with E-state index >= 15 is 0 Å². The van der Waals surface area contributed by atoms with Crippen LogP contribution in [0.2, 0.25) is 0 Å². The molecule has 0 spiro atoms. The van der Waals surface area contributed by atoms with E-state index in [1.165, 1.54) is 38.9 Å². The number of nitrogens with zero attached hydrogens (tertiary/aromatic N) is 1. The molecular formula is C12H26N2O. The van der Waals surface area contributed by atoms with Crippen LogP contribution in [-0.2, 0) is 0 Å². The van der Waals surface area contributed by atoms with Crippen molar-refractivity contribution < 1.29 is 5.11 Å². The fourth-order valence-electron chi connectivity index (χ4n) is 2.14. The topological polar surface area (TPSA) is 49.5 Å². The maximum atomic E-state index is 8.68. The molecule has 0 amide bonds. The number of likely N-dealkylation sites (tertiary alicyclic amines) is 1. The number of aliphatic hydroxyl groups excluding tert-OH is 1. The van der Waals surface area contributed by atoms with Gasteiger partial charge in [-0.25, -0.2) is 0 Å². The summed E-state index contributed by atoms with van der Waals surface area (Å²) in [5.41, 5.74) is 6.17. The Labute approximate surface area is 93.6 Å². The molecule has 1 fully saturated rings. The van der Waals surface area contributed by atoms with Crippen LogP contribution in [0.25, 0.3) is 0 Å². The normalized spacial score (nSPS) is 21.8. The van der Waals surface area contributed by atoms with Gasteiger partial charge in [-0.15, -0.1) is 0 Å². The second kappa shape index (κ2) is 6.46. The molecule has 0 atom stereocenters. The van der Waals surface area contributed by atoms with E-state index in [9.17, 15) is 0 Å². The number of aliphatic hydroxyl groups is 1. The fraction of sp³-hybridized carbons (Fsp3) is 1.00. The number of hydrogen-bond donors (Lipinski definition) is 2. The Morgan fingerprint density at radius 1 is 1.20 bits per heavy atom. The third-order valence-corrected chi connectivity index (χ3v) is 3.69. The molecule has 0 aromatic heterocycles. The molecule has 0 aromatic rings. The molecule has 90 valence electrons. The zero-order valence-electron chi connectivity index (χ0n) is 10.0. The lowest BCUT2D eigenvalue weighted by Gasteiger charge is -2.38. The van der Waals surface area contributed by atoms with Gasteiger partial charge in [0.25, 0.3) is 0 Å². The molecule has 3 nitrogen and oxygen atoms in total. The quantitative estimate of drug-likeness (QED) is 0.653. The molecule has 1 rings (SSSR count). The van der Waals surface area contributed by atoms with E-state index in [2.05, 4.69) is 11.8 Å². The largest absolute Gasteiger partial charge is 0.396 e. The molecule has 3 heteroatoms. The highest BCUT2D eigenvalue weighted by atomic mass is 16.2. The monoisotopic (exact) mass is 214 g/mol. The highest BCUT2D eigenvalue weighted by molar-refractivity contribution is 4.82. The molecule has 0 radical (unpaired) electrons. The first-order chi connectivity index (χ1) is 7.20. The van der Waals surface area contributed by atoms with Gasteiger partial charge in [-0.3, -0.25) is 0 Å². The van der Waals surface area contributed by atoms with E-state index in [0.717, 1.165) is 19.4 Å². The second-order valence-electron chi connectivity index (χ2n) is 5.14. The summed E-state index contributed by atoms with van der Waals surface area (Å²) < 4.78 is 0. The summed E-state index contributed by atoms with van der Waals surface area (Å²) in [5, 5.41) is 8.68. The zero-order valence-corrected chi connectivity index (χ0v) is 10.0. The maximum Gasteiger partial charge on any atom is 0.0431 e. The van der Waals surface area contributed by atoms with E-state index in [0.29, 0.717) is 12.0 Å². The van der Waals surface area contributed by atoms with Gasteiger partial charge in [0.05, 0.1) is 0 Å². The van der Waals surface area contributed by atoms with Gasteiger partial charge < -0.3 is 15.7 Å². The minimum absolute atomic E-state index is 0.339. The summed E-state index contributed by atoms with van der Waals surface area (Å²) in [6, 6.07) is 0. The SMILES string of the molecule is CC1(CN)CCN(CCCCCO)CC1. The summed E-state index contributed by atoms with van der Waals surface area (Å²) >= 11 is 0. The molecule has 1 saturated heterocycles. The van der Waals surface area contributed by atoms with Crippen LogP contribution in [0.1, 0.15) is 39.0 Å². The molecule has 1 heterocycles. The summed E-state index contributed by atoms with van der Waals surface area (Å²) in [7, 11) is 0. The van der Waals surface area contributed by atoms with Crippen LogP contribution in [-0.4, -0.2) is 42.8 Å². The van der Waals surface area contributed by atoms with Crippen molar-refractivity contribution in [2.75, 3.05) is 32.8 Å². The van der Waals surface area contributed by atoms with Gasteiger partial charge >= 0.3 is 0 Å². The Morgan fingerprint density at radius 3 is 2.40 bits per heavy atom. The van der Waals surface area contributed by atoms with Crippen molar-refractivity contribution in [3.05, 3.63) is 0 Å². The van der Waals surface area contributed by atoms with Crippen molar-refractivity contribution in [3.8, 4) is 0 Å². The smallest absolute Gasteiger partial charge is 0.0431 e. The Bertz CT molecular complexity index is 165. The lowest BCUT2D eigenvalue weighted by atomic mass is 9.80. The van der Waals surface area contributed by atoms with Crippen LogP contribution in [0.3, 0.4) is 0 Å². The number of nitrogens with two attached hydrogens (primary N) is 1. The van der Waals surface area contributed by atoms with E-state index in [4.69, 9.17) is 10.8 Å². The Morgan fingerprint density at radius 2 is 1.87 bits per heavy atom. The number of piperidine rings is 1. The lowest BCUT2D eigenvalue weighted by Crippen LogP contribution is -2.42. The lowest BCUT2D eigenvalue weighted by molar-refractivity contribution is 0.122. The number of rotatable bonds is 6. The van der Waals surface area contributed by atoms with Gasteiger partial charge in [0.1, 0.15) is 0 Å². The molecule has 3 N–H and O–H groups in total. The van der Waals surface area contributed by atoms with Crippen LogP contribution in [0, 0.1) is 5.41 Å². The van der Waals surface area contributed by atoms with Crippen molar-refractivity contribution in [1.29, 1.82) is 0 Å². The van der Waals surface area contributed by atoms with Crippen molar-refractivity contribution in [2.24, 2.45) is 11.1 Å². The average Bonchev–Trinajstić information content (AvgIpc) is 2.27. The maximum absolute atomic E-state index is 8.68. The standard InChI is InChI=1S/C12H26N2O/c1-12(11-13)5-8-14(9-6-12)7-3-2-4-10-15/h15H,2-11,13H2,1H3. The highest BCUT2D eigenvalue weighted by Crippen LogP contribution is 2.29. The molecule has 0 saturated carbocycles. The van der Waals surface area contributed by atoms with Crippen LogP contribution >= 0.6 is 0 Å². The summed E-state index contributed by atoms with van der Waals surface area (Å²) in [5.74, 6) is 0. The first-order valence-electron chi connectivity index (χ1n) is 6.23. The van der Waals surface area contributed by atoms with Crippen LogP contribution in [0.4, 0.5) is 0 Å². The van der Waals surface area contributed by atoms with E-state index < -0.39 is 0 Å². The van der Waals surface area contributed by atoms with Gasteiger partial charge in [0, 0.05) is 6.61 Å². The average molecular weight is 214 g/mol. The van der Waals surface area contributed by atoms with Crippen molar-refractivity contribution in [3.63, 3.8) is 0 Å².